The van der Waals surface area contributed by atoms with E-state index >= 15 is 0 Å². The maximum atomic E-state index is 11.2. The summed E-state index contributed by atoms with van der Waals surface area (Å²) < 4.78 is 25.8. The zero-order valence-corrected chi connectivity index (χ0v) is 8.71. The van der Waals surface area contributed by atoms with Crippen LogP contribution in [0.5, 0.6) is 0 Å². The lowest BCUT2D eigenvalue weighted by Gasteiger charge is -2.14. The molecule has 6 heteroatoms. The number of hydrogen-bond donors (Lipinski definition) is 2. The van der Waals surface area contributed by atoms with Gasteiger partial charge >= 0.3 is 0 Å². The Bertz CT molecular complexity index is 259. The molecular weight excluding hydrogens is 192 g/mol. The molecule has 5 nitrogen and oxygen atoms in total. The van der Waals surface area contributed by atoms with Crippen molar-refractivity contribution in [3.63, 3.8) is 0 Å². The van der Waals surface area contributed by atoms with Crippen LogP contribution in [0.25, 0.3) is 0 Å². The molecular formula is C7H16N2O3S. The largest absolute Gasteiger partial charge is 0.391 e. The fraction of sp³-hybridized carbons (Fsp3) is 1.00. The summed E-state index contributed by atoms with van der Waals surface area (Å²) in [4.78, 5) is 0. The van der Waals surface area contributed by atoms with Crippen molar-refractivity contribution in [2.75, 3.05) is 20.6 Å². The molecule has 0 radical (unpaired) electrons. The van der Waals surface area contributed by atoms with Crippen molar-refractivity contribution in [1.29, 1.82) is 0 Å². The zero-order chi connectivity index (χ0) is 10.1. The molecule has 0 heterocycles. The van der Waals surface area contributed by atoms with Gasteiger partial charge in [-0.25, -0.2) is 0 Å². The van der Waals surface area contributed by atoms with Crippen molar-refractivity contribution < 1.29 is 13.5 Å². The molecule has 0 spiro atoms. The summed E-state index contributed by atoms with van der Waals surface area (Å²) in [5, 5.41) is 9.39. The van der Waals surface area contributed by atoms with E-state index in [1.54, 1.807) is 0 Å². The first-order valence-corrected chi connectivity index (χ1v) is 5.72. The van der Waals surface area contributed by atoms with Crippen LogP contribution < -0.4 is 4.72 Å². The summed E-state index contributed by atoms with van der Waals surface area (Å²) >= 11 is 0. The summed E-state index contributed by atoms with van der Waals surface area (Å²) in [5.41, 5.74) is 0. The number of aliphatic hydroxyl groups is 1. The third-order valence-corrected chi connectivity index (χ3v) is 3.61. The van der Waals surface area contributed by atoms with E-state index in [0.717, 1.165) is 17.1 Å². The first kappa shape index (κ1) is 10.9. The van der Waals surface area contributed by atoms with Crippen LogP contribution in [-0.4, -0.2) is 44.6 Å². The van der Waals surface area contributed by atoms with Crippen LogP contribution in [0.2, 0.25) is 0 Å². The molecule has 1 unspecified atom stereocenters. The van der Waals surface area contributed by atoms with Gasteiger partial charge < -0.3 is 5.11 Å². The summed E-state index contributed by atoms with van der Waals surface area (Å²) in [6.45, 7) is 0.116. The Morgan fingerprint density at radius 3 is 2.46 bits per heavy atom. The summed E-state index contributed by atoms with van der Waals surface area (Å²) in [5.74, 6) is 0.296. The molecule has 0 aliphatic heterocycles. The van der Waals surface area contributed by atoms with E-state index in [0.29, 0.717) is 5.92 Å². The van der Waals surface area contributed by atoms with E-state index in [2.05, 4.69) is 4.72 Å². The predicted octanol–water partition coefficient (Wildman–Crippen LogP) is -0.847. The lowest BCUT2D eigenvalue weighted by Crippen LogP contribution is -2.40. The topological polar surface area (TPSA) is 69.6 Å². The van der Waals surface area contributed by atoms with Crippen LogP contribution in [0.1, 0.15) is 12.8 Å². The predicted molar refractivity (Wildman–Crippen MR) is 49.3 cm³/mol. The average molecular weight is 208 g/mol. The molecule has 0 aromatic heterocycles. The second-order valence-electron chi connectivity index (χ2n) is 3.54. The number of nitrogens with one attached hydrogen (secondary N) is 1. The first-order valence-electron chi connectivity index (χ1n) is 4.28. The molecule has 1 saturated carbocycles. The highest BCUT2D eigenvalue weighted by molar-refractivity contribution is 7.87. The highest BCUT2D eigenvalue weighted by Gasteiger charge is 2.30. The van der Waals surface area contributed by atoms with Crippen molar-refractivity contribution in [3.8, 4) is 0 Å². The maximum absolute atomic E-state index is 11.2. The van der Waals surface area contributed by atoms with Gasteiger partial charge in [0.25, 0.3) is 10.2 Å². The minimum absolute atomic E-state index is 0.116. The minimum atomic E-state index is -3.38. The van der Waals surface area contributed by atoms with E-state index in [1.807, 2.05) is 0 Å². The van der Waals surface area contributed by atoms with E-state index in [-0.39, 0.29) is 6.54 Å². The van der Waals surface area contributed by atoms with E-state index in [1.165, 1.54) is 14.1 Å². The Morgan fingerprint density at radius 1 is 1.54 bits per heavy atom. The minimum Gasteiger partial charge on any atom is -0.391 e. The Kier molecular flexibility index (Phi) is 3.28. The van der Waals surface area contributed by atoms with Gasteiger partial charge in [0.05, 0.1) is 6.10 Å². The number of aliphatic hydroxyl groups excluding tert-OH is 1. The molecule has 2 N–H and O–H groups in total. The van der Waals surface area contributed by atoms with Crippen molar-refractivity contribution in [2.45, 2.75) is 18.9 Å². The van der Waals surface area contributed by atoms with Crippen molar-refractivity contribution >= 4 is 10.2 Å². The van der Waals surface area contributed by atoms with E-state index < -0.39 is 16.3 Å². The van der Waals surface area contributed by atoms with Crippen LogP contribution in [0.3, 0.4) is 0 Å². The van der Waals surface area contributed by atoms with Crippen molar-refractivity contribution in [2.24, 2.45) is 5.92 Å². The second-order valence-corrected chi connectivity index (χ2v) is 5.51. The van der Waals surface area contributed by atoms with Gasteiger partial charge in [0.1, 0.15) is 0 Å². The fourth-order valence-electron chi connectivity index (χ4n) is 0.967. The fourth-order valence-corrected chi connectivity index (χ4v) is 1.61. The van der Waals surface area contributed by atoms with Gasteiger partial charge in [-0.15, -0.1) is 0 Å². The maximum Gasteiger partial charge on any atom is 0.279 e. The normalized spacial score (nSPS) is 20.6. The zero-order valence-electron chi connectivity index (χ0n) is 7.90. The quantitative estimate of drug-likeness (QED) is 0.618. The Morgan fingerprint density at radius 2 is 2.08 bits per heavy atom. The summed E-state index contributed by atoms with van der Waals surface area (Å²) in [7, 11) is -0.475. The van der Waals surface area contributed by atoms with Gasteiger partial charge in [0.2, 0.25) is 0 Å². The van der Waals surface area contributed by atoms with Crippen LogP contribution >= 0.6 is 0 Å². The third kappa shape index (κ3) is 3.22. The molecule has 1 rings (SSSR count). The van der Waals surface area contributed by atoms with Gasteiger partial charge in [-0.3, -0.25) is 0 Å². The van der Waals surface area contributed by atoms with Crippen LogP contribution in [0.4, 0.5) is 0 Å². The number of hydrogen-bond acceptors (Lipinski definition) is 3. The van der Waals surface area contributed by atoms with E-state index in [4.69, 9.17) is 0 Å². The van der Waals surface area contributed by atoms with Gasteiger partial charge in [0, 0.05) is 20.6 Å². The molecule has 0 aromatic rings. The number of rotatable bonds is 5. The molecule has 1 atom stereocenters. The molecule has 78 valence electrons. The van der Waals surface area contributed by atoms with Crippen LogP contribution in [0.15, 0.2) is 0 Å². The van der Waals surface area contributed by atoms with Crippen molar-refractivity contribution in [3.05, 3.63) is 0 Å². The van der Waals surface area contributed by atoms with Gasteiger partial charge in [-0.05, 0) is 18.8 Å². The molecule has 1 aliphatic carbocycles. The van der Waals surface area contributed by atoms with Gasteiger partial charge in [0.15, 0.2) is 0 Å². The van der Waals surface area contributed by atoms with Gasteiger partial charge in [-0.1, -0.05) is 0 Å². The highest BCUT2D eigenvalue weighted by atomic mass is 32.2. The summed E-state index contributed by atoms with van der Waals surface area (Å²) in [6.07, 6.45) is 1.48. The van der Waals surface area contributed by atoms with Gasteiger partial charge in [-0.2, -0.15) is 17.4 Å². The summed E-state index contributed by atoms with van der Waals surface area (Å²) in [6, 6.07) is 0. The standard InChI is InChI=1S/C7H16N2O3S/c1-9(2)13(11,12)8-5-7(10)6-3-4-6/h6-8,10H,3-5H2,1-2H3. The molecule has 1 aliphatic rings. The third-order valence-electron chi connectivity index (χ3n) is 2.12. The lowest BCUT2D eigenvalue weighted by molar-refractivity contribution is 0.155. The van der Waals surface area contributed by atoms with Crippen LogP contribution in [0, 0.1) is 5.92 Å². The highest BCUT2D eigenvalue weighted by Crippen LogP contribution is 2.32. The molecule has 0 bridgehead atoms. The Labute approximate surface area is 78.9 Å². The molecule has 0 saturated heterocycles. The molecule has 0 aromatic carbocycles. The van der Waals surface area contributed by atoms with E-state index in [9.17, 15) is 13.5 Å². The second kappa shape index (κ2) is 3.91. The Hall–Kier alpha value is -0.170. The van der Waals surface area contributed by atoms with Crippen molar-refractivity contribution in [1.82, 2.24) is 9.03 Å². The SMILES string of the molecule is CN(C)S(=O)(=O)NCC(O)C1CC1. The average Bonchev–Trinajstić information content (AvgIpc) is 2.82. The molecule has 0 amide bonds. The Balaban J connectivity index is 2.32. The lowest BCUT2D eigenvalue weighted by atomic mass is 10.2. The van der Waals surface area contributed by atoms with Crippen LogP contribution in [-0.2, 0) is 10.2 Å². The monoisotopic (exact) mass is 208 g/mol. The first-order chi connectivity index (χ1) is 5.93. The molecule has 13 heavy (non-hydrogen) atoms. The number of nitrogens with zero attached hydrogens (tertiary/aromatic N) is 1. The molecule has 1 fully saturated rings. The smallest absolute Gasteiger partial charge is 0.279 e.